The average molecular weight is 276 g/mol. The van der Waals surface area contributed by atoms with Crippen LogP contribution in [0.3, 0.4) is 0 Å². The average Bonchev–Trinajstić information content (AvgIpc) is 2.77. The lowest BCUT2D eigenvalue weighted by atomic mass is 10.1. The summed E-state index contributed by atoms with van der Waals surface area (Å²) in [5.74, 6) is -3.21. The van der Waals surface area contributed by atoms with Crippen LogP contribution in [-0.2, 0) is 9.53 Å². The molecule has 1 unspecified atom stereocenters. The fourth-order valence-corrected chi connectivity index (χ4v) is 2.90. The SMILES string of the molecule is CC(C(=O)OC(C)(C)C)N1CC[C@@H]2NCC(F)(F)[C@@H]21. The number of likely N-dealkylation sites (tertiary alicyclic amines) is 1. The van der Waals surface area contributed by atoms with Crippen LogP contribution in [-0.4, -0.2) is 53.6 Å². The molecule has 2 heterocycles. The first-order valence-corrected chi connectivity index (χ1v) is 6.72. The van der Waals surface area contributed by atoms with E-state index in [0.29, 0.717) is 13.0 Å². The fourth-order valence-electron chi connectivity index (χ4n) is 2.90. The molecule has 0 bridgehead atoms. The van der Waals surface area contributed by atoms with Crippen molar-refractivity contribution in [3.63, 3.8) is 0 Å². The molecule has 0 aliphatic carbocycles. The van der Waals surface area contributed by atoms with Crippen molar-refractivity contribution in [1.82, 2.24) is 10.2 Å². The molecule has 2 aliphatic rings. The number of hydrogen-bond donors (Lipinski definition) is 1. The van der Waals surface area contributed by atoms with Crippen LogP contribution in [0.25, 0.3) is 0 Å². The summed E-state index contributed by atoms with van der Waals surface area (Å²) in [5.41, 5.74) is -0.596. The van der Waals surface area contributed by atoms with E-state index in [4.69, 9.17) is 4.74 Å². The van der Waals surface area contributed by atoms with Gasteiger partial charge in [0, 0.05) is 12.6 Å². The molecule has 6 heteroatoms. The van der Waals surface area contributed by atoms with Gasteiger partial charge in [0.2, 0.25) is 0 Å². The summed E-state index contributed by atoms with van der Waals surface area (Å²) in [4.78, 5) is 13.6. The lowest BCUT2D eigenvalue weighted by Crippen LogP contribution is -2.52. The molecule has 2 saturated heterocycles. The Morgan fingerprint density at radius 2 is 2.11 bits per heavy atom. The second-order valence-electron chi connectivity index (χ2n) is 6.43. The second kappa shape index (κ2) is 4.66. The Balaban J connectivity index is 2.07. The number of hydrogen-bond acceptors (Lipinski definition) is 4. The van der Waals surface area contributed by atoms with Gasteiger partial charge in [0.05, 0.1) is 12.6 Å². The highest BCUT2D eigenvalue weighted by Crippen LogP contribution is 2.37. The molecule has 4 nitrogen and oxygen atoms in total. The third-order valence-corrected chi connectivity index (χ3v) is 3.71. The monoisotopic (exact) mass is 276 g/mol. The Morgan fingerprint density at radius 3 is 2.68 bits per heavy atom. The van der Waals surface area contributed by atoms with Crippen molar-refractivity contribution in [2.24, 2.45) is 0 Å². The van der Waals surface area contributed by atoms with Crippen LogP contribution in [0, 0.1) is 0 Å². The second-order valence-corrected chi connectivity index (χ2v) is 6.43. The van der Waals surface area contributed by atoms with Gasteiger partial charge in [-0.1, -0.05) is 0 Å². The quantitative estimate of drug-likeness (QED) is 0.774. The molecule has 3 atom stereocenters. The van der Waals surface area contributed by atoms with E-state index in [9.17, 15) is 13.6 Å². The number of nitrogens with one attached hydrogen (secondary N) is 1. The highest BCUT2D eigenvalue weighted by atomic mass is 19.3. The minimum Gasteiger partial charge on any atom is -0.459 e. The summed E-state index contributed by atoms with van der Waals surface area (Å²) in [7, 11) is 0. The lowest BCUT2D eigenvalue weighted by molar-refractivity contribution is -0.163. The van der Waals surface area contributed by atoms with Gasteiger partial charge < -0.3 is 10.1 Å². The fraction of sp³-hybridized carbons (Fsp3) is 0.923. The minimum absolute atomic E-state index is 0.222. The first kappa shape index (κ1) is 14.7. The summed E-state index contributed by atoms with van der Waals surface area (Å²) in [6.07, 6.45) is 0.646. The van der Waals surface area contributed by atoms with E-state index in [-0.39, 0.29) is 12.6 Å². The molecule has 2 fully saturated rings. The summed E-state index contributed by atoms with van der Waals surface area (Å²) in [6.45, 7) is 7.16. The van der Waals surface area contributed by atoms with Crippen molar-refractivity contribution < 1.29 is 18.3 Å². The van der Waals surface area contributed by atoms with Crippen LogP contribution in [0.15, 0.2) is 0 Å². The first-order chi connectivity index (χ1) is 8.62. The number of alkyl halides is 2. The number of fused-ring (bicyclic) bond motifs is 1. The molecular formula is C13H22F2N2O2. The predicted molar refractivity (Wildman–Crippen MR) is 67.2 cm³/mol. The summed E-state index contributed by atoms with van der Waals surface area (Å²) >= 11 is 0. The van der Waals surface area contributed by atoms with E-state index >= 15 is 0 Å². The summed E-state index contributed by atoms with van der Waals surface area (Å²) < 4.78 is 33.0. The Morgan fingerprint density at radius 1 is 1.47 bits per heavy atom. The van der Waals surface area contributed by atoms with Gasteiger partial charge in [-0.05, 0) is 34.1 Å². The van der Waals surface area contributed by atoms with Gasteiger partial charge in [-0.15, -0.1) is 0 Å². The number of carbonyl (C=O) groups excluding carboxylic acids is 1. The Bertz CT molecular complexity index is 368. The Hall–Kier alpha value is -0.750. The number of esters is 1. The number of halogens is 2. The molecule has 0 saturated carbocycles. The van der Waals surface area contributed by atoms with E-state index in [0.717, 1.165) is 0 Å². The Kier molecular flexibility index (Phi) is 3.60. The maximum absolute atomic E-state index is 13.9. The van der Waals surface area contributed by atoms with E-state index in [2.05, 4.69) is 5.32 Å². The Labute approximate surface area is 112 Å². The minimum atomic E-state index is -2.78. The van der Waals surface area contributed by atoms with Crippen LogP contribution in [0.2, 0.25) is 0 Å². The van der Waals surface area contributed by atoms with Gasteiger partial charge in [-0.3, -0.25) is 9.69 Å². The van der Waals surface area contributed by atoms with Gasteiger partial charge in [0.15, 0.2) is 0 Å². The molecule has 2 aliphatic heterocycles. The van der Waals surface area contributed by atoms with Crippen molar-refractivity contribution >= 4 is 5.97 Å². The standard InChI is InChI=1S/C13H22F2N2O2/c1-8(11(18)19-12(2,3)4)17-6-5-9-10(17)13(14,15)7-16-9/h8-10,16H,5-7H2,1-4H3/t8?,9-,10+/m0/s1. The van der Waals surface area contributed by atoms with E-state index in [1.54, 1.807) is 32.6 Å². The zero-order valence-corrected chi connectivity index (χ0v) is 11.9. The van der Waals surface area contributed by atoms with Crippen LogP contribution < -0.4 is 5.32 Å². The maximum atomic E-state index is 13.9. The maximum Gasteiger partial charge on any atom is 0.323 e. The molecule has 1 N–H and O–H groups in total. The van der Waals surface area contributed by atoms with E-state index in [1.807, 2.05) is 0 Å². The van der Waals surface area contributed by atoms with Crippen LogP contribution in [0.1, 0.15) is 34.1 Å². The molecule has 2 rings (SSSR count). The van der Waals surface area contributed by atoms with Crippen molar-refractivity contribution in [2.45, 2.75) is 63.8 Å². The van der Waals surface area contributed by atoms with E-state index < -0.39 is 29.6 Å². The van der Waals surface area contributed by atoms with Crippen LogP contribution in [0.4, 0.5) is 8.78 Å². The van der Waals surface area contributed by atoms with Crippen molar-refractivity contribution in [1.29, 1.82) is 0 Å². The van der Waals surface area contributed by atoms with Crippen molar-refractivity contribution in [2.75, 3.05) is 13.1 Å². The molecule has 0 spiro atoms. The predicted octanol–water partition coefficient (Wildman–Crippen LogP) is 1.40. The number of rotatable bonds is 2. The normalized spacial score (nSPS) is 32.1. The number of ether oxygens (including phenoxy) is 1. The van der Waals surface area contributed by atoms with Gasteiger partial charge in [-0.25, -0.2) is 8.78 Å². The number of nitrogens with zero attached hydrogens (tertiary/aromatic N) is 1. The van der Waals surface area contributed by atoms with Gasteiger partial charge >= 0.3 is 5.97 Å². The molecule has 19 heavy (non-hydrogen) atoms. The highest BCUT2D eigenvalue weighted by Gasteiger charge is 2.57. The third-order valence-electron chi connectivity index (χ3n) is 3.71. The number of carbonyl (C=O) groups is 1. The zero-order chi connectivity index (χ0) is 14.4. The lowest BCUT2D eigenvalue weighted by Gasteiger charge is -2.33. The largest absolute Gasteiger partial charge is 0.459 e. The molecule has 0 aromatic carbocycles. The third kappa shape index (κ3) is 2.89. The summed E-state index contributed by atoms with van der Waals surface area (Å²) in [5, 5.41) is 2.84. The highest BCUT2D eigenvalue weighted by molar-refractivity contribution is 5.75. The van der Waals surface area contributed by atoms with Crippen molar-refractivity contribution in [3.05, 3.63) is 0 Å². The van der Waals surface area contributed by atoms with Crippen LogP contribution in [0.5, 0.6) is 0 Å². The van der Waals surface area contributed by atoms with Gasteiger partial charge in [-0.2, -0.15) is 0 Å². The zero-order valence-electron chi connectivity index (χ0n) is 11.9. The molecule has 110 valence electrons. The molecular weight excluding hydrogens is 254 g/mol. The molecule has 0 aromatic rings. The molecule has 0 radical (unpaired) electrons. The smallest absolute Gasteiger partial charge is 0.323 e. The first-order valence-electron chi connectivity index (χ1n) is 6.72. The van der Waals surface area contributed by atoms with Gasteiger partial charge in [0.25, 0.3) is 5.92 Å². The van der Waals surface area contributed by atoms with Crippen LogP contribution >= 0.6 is 0 Å². The van der Waals surface area contributed by atoms with Crippen molar-refractivity contribution in [3.8, 4) is 0 Å². The molecule has 0 aromatic heterocycles. The summed E-state index contributed by atoms with van der Waals surface area (Å²) in [6, 6.07) is -1.75. The van der Waals surface area contributed by atoms with Gasteiger partial charge in [0.1, 0.15) is 11.6 Å². The topological polar surface area (TPSA) is 41.6 Å². The van der Waals surface area contributed by atoms with E-state index in [1.165, 1.54) is 0 Å². The molecule has 0 amide bonds.